The van der Waals surface area contributed by atoms with E-state index in [1.54, 1.807) is 24.3 Å². The van der Waals surface area contributed by atoms with Crippen molar-refractivity contribution >= 4 is 11.4 Å². The maximum Gasteiger partial charge on any atom is 0.137 e. The molecule has 0 N–H and O–H groups in total. The van der Waals surface area contributed by atoms with Crippen LogP contribution in [0.3, 0.4) is 0 Å². The molecule has 0 bridgehead atoms. The Morgan fingerprint density at radius 2 is 0.850 bits per heavy atom. The van der Waals surface area contributed by atoms with Crippen LogP contribution in [0.5, 0.6) is 0 Å². The highest BCUT2D eigenvalue weighted by molar-refractivity contribution is 5.65. The summed E-state index contributed by atoms with van der Waals surface area (Å²) in [4.78, 5) is 3.96. The van der Waals surface area contributed by atoms with E-state index in [0.29, 0.717) is 5.57 Å². The lowest BCUT2D eigenvalue weighted by Gasteiger charge is -2.11. The molecular weight excluding hydrogens is 492 g/mol. The molecule has 0 atom stereocenters. The molecule has 0 saturated heterocycles. The number of benzene rings is 2. The Bertz CT molecular complexity index is 1610. The van der Waals surface area contributed by atoms with Gasteiger partial charge in [-0.1, -0.05) is 47.4 Å². The minimum Gasteiger partial charge on any atom is -0.378 e. The molecule has 2 rings (SSSR count). The summed E-state index contributed by atoms with van der Waals surface area (Å²) in [7, 11) is 7.79. The van der Waals surface area contributed by atoms with Crippen molar-refractivity contribution in [3.8, 4) is 71.6 Å². The van der Waals surface area contributed by atoms with E-state index in [0.717, 1.165) is 22.5 Å². The number of allylic oxidation sites excluding steroid dienone is 6. The van der Waals surface area contributed by atoms with E-state index in [4.69, 9.17) is 21.0 Å². The van der Waals surface area contributed by atoms with Gasteiger partial charge in [-0.2, -0.15) is 21.0 Å². The van der Waals surface area contributed by atoms with Crippen LogP contribution in [0.15, 0.2) is 83.0 Å². The maximum atomic E-state index is 9.02. The molecule has 40 heavy (non-hydrogen) atoms. The molecule has 0 radical (unpaired) electrons. The molecule has 0 amide bonds. The fraction of sp³-hybridized carbons (Fsp3) is 0.118. The summed E-state index contributed by atoms with van der Waals surface area (Å²) in [6.45, 7) is 0. The number of rotatable bonds is 2. The molecule has 0 fully saturated rings. The van der Waals surface area contributed by atoms with Crippen molar-refractivity contribution in [3.05, 3.63) is 94.1 Å². The molecule has 2 aromatic carbocycles. The Kier molecular flexibility index (Phi) is 11.5. The first kappa shape index (κ1) is 29.7. The first-order valence-corrected chi connectivity index (χ1v) is 11.7. The SMILES string of the molecule is CN(C)c1ccc(C#CC(C#Cc2ccc(N(C)C)cc2)=C(C#CC=C(C#N)C#N)C#CC=C(C#N)C#N)cc1. The minimum atomic E-state index is -0.170. The third-order valence-electron chi connectivity index (χ3n) is 4.99. The first-order valence-electron chi connectivity index (χ1n) is 11.7. The summed E-state index contributed by atoms with van der Waals surface area (Å²) < 4.78 is 0. The van der Waals surface area contributed by atoms with Gasteiger partial charge in [0.15, 0.2) is 0 Å². The van der Waals surface area contributed by atoms with E-state index >= 15 is 0 Å². The zero-order valence-corrected chi connectivity index (χ0v) is 22.5. The predicted octanol–water partition coefficient (Wildman–Crippen LogP) is 4.47. The maximum absolute atomic E-state index is 9.02. The van der Waals surface area contributed by atoms with Gasteiger partial charge in [-0.15, -0.1) is 0 Å². The van der Waals surface area contributed by atoms with Crippen LogP contribution >= 0.6 is 0 Å². The summed E-state index contributed by atoms with van der Waals surface area (Å²) >= 11 is 0. The topological polar surface area (TPSA) is 102 Å². The minimum absolute atomic E-state index is 0.170. The molecule has 6 nitrogen and oxygen atoms in total. The van der Waals surface area contributed by atoms with Crippen molar-refractivity contribution in [2.75, 3.05) is 38.0 Å². The Hall–Kier alpha value is -6.54. The van der Waals surface area contributed by atoms with Gasteiger partial charge in [0.05, 0.1) is 11.1 Å². The van der Waals surface area contributed by atoms with Gasteiger partial charge < -0.3 is 9.80 Å². The second-order valence-corrected chi connectivity index (χ2v) is 8.23. The number of hydrogen-bond acceptors (Lipinski definition) is 6. The Labute approximate surface area is 236 Å². The third kappa shape index (κ3) is 9.49. The van der Waals surface area contributed by atoms with Crippen LogP contribution in [0.4, 0.5) is 11.4 Å². The molecule has 0 spiro atoms. The summed E-state index contributed by atoms with van der Waals surface area (Å²) in [6, 6.07) is 22.3. The van der Waals surface area contributed by atoms with Gasteiger partial charge in [-0.25, -0.2) is 0 Å². The highest BCUT2D eigenvalue weighted by Crippen LogP contribution is 2.13. The second kappa shape index (κ2) is 15.5. The standard InChI is InChI=1S/C34H22N6/c1-39(2)33-19-13-27(14-20-33)11-17-32(18-12-28-15-21-34(22-16-28)40(3)4)31(9-5-7-29(23-35)24-36)10-6-8-30(25-37)26-38/h7-8,13-16,19-22H,1-4H3. The Morgan fingerprint density at radius 3 is 1.15 bits per heavy atom. The highest BCUT2D eigenvalue weighted by Gasteiger charge is 2.00. The van der Waals surface area contributed by atoms with Crippen LogP contribution in [0, 0.1) is 92.7 Å². The van der Waals surface area contributed by atoms with E-state index in [9.17, 15) is 0 Å². The van der Waals surface area contributed by atoms with Crippen molar-refractivity contribution in [1.29, 1.82) is 21.0 Å². The van der Waals surface area contributed by atoms with E-state index < -0.39 is 0 Å². The summed E-state index contributed by atoms with van der Waals surface area (Å²) in [5, 5.41) is 36.1. The van der Waals surface area contributed by atoms with Gasteiger partial charge in [0.1, 0.15) is 35.4 Å². The largest absolute Gasteiger partial charge is 0.378 e. The quantitative estimate of drug-likeness (QED) is 0.433. The van der Waals surface area contributed by atoms with E-state index in [1.165, 1.54) is 12.2 Å². The van der Waals surface area contributed by atoms with E-state index in [2.05, 4.69) is 47.4 Å². The number of nitrogens with zero attached hydrogens (tertiary/aromatic N) is 6. The molecule has 0 heterocycles. The zero-order chi connectivity index (χ0) is 29.3. The number of hydrogen-bond donors (Lipinski definition) is 0. The molecule has 0 aliphatic heterocycles. The van der Waals surface area contributed by atoms with E-state index in [-0.39, 0.29) is 16.7 Å². The molecule has 0 aromatic heterocycles. The van der Waals surface area contributed by atoms with Gasteiger partial charge >= 0.3 is 0 Å². The molecule has 6 heteroatoms. The molecule has 0 aliphatic carbocycles. The summed E-state index contributed by atoms with van der Waals surface area (Å²) in [5.74, 6) is 23.2. The Morgan fingerprint density at radius 1 is 0.525 bits per heavy atom. The van der Waals surface area contributed by atoms with Crippen LogP contribution in [-0.4, -0.2) is 28.2 Å². The first-order chi connectivity index (χ1) is 19.3. The van der Waals surface area contributed by atoms with Gasteiger partial charge in [-0.05, 0) is 48.5 Å². The van der Waals surface area contributed by atoms with Crippen LogP contribution in [0.2, 0.25) is 0 Å². The van der Waals surface area contributed by atoms with Crippen LogP contribution < -0.4 is 9.80 Å². The average Bonchev–Trinajstić information content (AvgIpc) is 2.97. The van der Waals surface area contributed by atoms with Crippen molar-refractivity contribution in [3.63, 3.8) is 0 Å². The summed E-state index contributed by atoms with van der Waals surface area (Å²) in [5.41, 5.74) is 3.69. The Balaban J connectivity index is 2.77. The van der Waals surface area contributed by atoms with Gasteiger partial charge in [-0.3, -0.25) is 0 Å². The fourth-order valence-electron chi connectivity index (χ4n) is 2.81. The highest BCUT2D eigenvalue weighted by atomic mass is 15.1. The predicted molar refractivity (Wildman–Crippen MR) is 156 cm³/mol. The van der Waals surface area contributed by atoms with Crippen LogP contribution in [0.25, 0.3) is 0 Å². The van der Waals surface area contributed by atoms with Crippen LogP contribution in [-0.2, 0) is 0 Å². The monoisotopic (exact) mass is 514 g/mol. The van der Waals surface area contributed by atoms with Gasteiger partial charge in [0.2, 0.25) is 0 Å². The van der Waals surface area contributed by atoms with Gasteiger partial charge in [0.25, 0.3) is 0 Å². The smallest absolute Gasteiger partial charge is 0.137 e. The molecular formula is C34H22N6. The molecule has 0 aliphatic rings. The molecule has 188 valence electrons. The lowest BCUT2D eigenvalue weighted by molar-refractivity contribution is 1.13. The molecule has 0 unspecified atom stereocenters. The number of nitriles is 4. The average molecular weight is 515 g/mol. The van der Waals surface area contributed by atoms with E-state index in [1.807, 2.05) is 86.5 Å². The number of anilines is 2. The second-order valence-electron chi connectivity index (χ2n) is 8.23. The molecule has 2 aromatic rings. The molecule has 0 saturated carbocycles. The third-order valence-corrected chi connectivity index (χ3v) is 4.99. The lowest BCUT2D eigenvalue weighted by Crippen LogP contribution is -2.07. The normalized spacial score (nSPS) is 8.10. The van der Waals surface area contributed by atoms with Crippen molar-refractivity contribution in [2.24, 2.45) is 0 Å². The zero-order valence-electron chi connectivity index (χ0n) is 22.5. The summed E-state index contributed by atoms with van der Waals surface area (Å²) in [6.07, 6.45) is 2.35. The van der Waals surface area contributed by atoms with Crippen molar-refractivity contribution in [2.45, 2.75) is 0 Å². The van der Waals surface area contributed by atoms with Crippen molar-refractivity contribution < 1.29 is 0 Å². The van der Waals surface area contributed by atoms with Gasteiger partial charge in [0, 0.05) is 62.8 Å². The lowest BCUT2D eigenvalue weighted by atomic mass is 10.1. The van der Waals surface area contributed by atoms with Crippen molar-refractivity contribution in [1.82, 2.24) is 0 Å². The fourth-order valence-corrected chi connectivity index (χ4v) is 2.81. The van der Waals surface area contributed by atoms with Crippen LogP contribution in [0.1, 0.15) is 11.1 Å².